The van der Waals surface area contributed by atoms with E-state index < -0.39 is 29.2 Å². The van der Waals surface area contributed by atoms with Gasteiger partial charge in [-0.2, -0.15) is 13.2 Å². The van der Waals surface area contributed by atoms with E-state index in [2.05, 4.69) is 4.98 Å². The predicted octanol–water partition coefficient (Wildman–Crippen LogP) is 2.38. The third-order valence-electron chi connectivity index (χ3n) is 1.59. The molecule has 0 saturated carbocycles. The third-order valence-corrected chi connectivity index (χ3v) is 2.01. The first-order valence-corrected chi connectivity index (χ1v) is 4.12. The second kappa shape index (κ2) is 4.06. The van der Waals surface area contributed by atoms with Gasteiger partial charge in [0.15, 0.2) is 0 Å². The van der Waals surface area contributed by atoms with Crippen molar-refractivity contribution in [3.8, 4) is 0 Å². The van der Waals surface area contributed by atoms with Crippen LogP contribution in [0.3, 0.4) is 0 Å². The van der Waals surface area contributed by atoms with Crippen LogP contribution in [0, 0.1) is 0 Å². The molecular weight excluding hydrogens is 235 g/mol. The van der Waals surface area contributed by atoms with Crippen LogP contribution < -0.4 is 0 Å². The van der Waals surface area contributed by atoms with E-state index in [0.29, 0.717) is 6.07 Å². The van der Waals surface area contributed by atoms with Gasteiger partial charge in [-0.15, -0.1) is 0 Å². The molecule has 0 aliphatic rings. The van der Waals surface area contributed by atoms with E-state index in [4.69, 9.17) is 16.7 Å². The molecule has 0 aliphatic heterocycles. The molecule has 0 atom stereocenters. The number of nitrogens with zero attached hydrogens (tertiary/aromatic N) is 1. The number of carbonyl (C=O) groups is 1. The van der Waals surface area contributed by atoms with Crippen LogP contribution in [0.4, 0.5) is 13.2 Å². The monoisotopic (exact) mass is 239 g/mol. The first-order chi connectivity index (χ1) is 6.82. The average Bonchev–Trinajstić information content (AvgIpc) is 2.05. The van der Waals surface area contributed by atoms with Gasteiger partial charge in [-0.25, -0.2) is 0 Å². The van der Waals surface area contributed by atoms with Gasteiger partial charge in [-0.3, -0.25) is 9.78 Å². The molecule has 3 nitrogen and oxygen atoms in total. The Hall–Kier alpha value is -1.30. The Labute approximate surface area is 87.5 Å². The van der Waals surface area contributed by atoms with Crippen LogP contribution in [0.1, 0.15) is 11.3 Å². The highest BCUT2D eigenvalue weighted by Gasteiger charge is 2.34. The summed E-state index contributed by atoms with van der Waals surface area (Å²) in [6, 6.07) is 0.702. The largest absolute Gasteiger partial charge is 0.481 e. The van der Waals surface area contributed by atoms with Crippen molar-refractivity contribution in [1.82, 2.24) is 4.98 Å². The molecule has 0 bridgehead atoms. The lowest BCUT2D eigenvalue weighted by atomic mass is 10.2. The van der Waals surface area contributed by atoms with Gasteiger partial charge in [0.25, 0.3) is 0 Å². The molecule has 1 rings (SSSR count). The maximum absolute atomic E-state index is 12.3. The zero-order valence-electron chi connectivity index (χ0n) is 7.18. The molecular formula is C8H5ClF3NO2. The molecule has 0 unspecified atom stereocenters. The van der Waals surface area contributed by atoms with Gasteiger partial charge in [0.2, 0.25) is 0 Å². The van der Waals surface area contributed by atoms with Crippen LogP contribution in [-0.4, -0.2) is 16.1 Å². The summed E-state index contributed by atoms with van der Waals surface area (Å²) in [7, 11) is 0. The van der Waals surface area contributed by atoms with Crippen LogP contribution in [0.25, 0.3) is 0 Å². The van der Waals surface area contributed by atoms with Crippen molar-refractivity contribution in [3.63, 3.8) is 0 Å². The molecule has 1 heterocycles. The molecule has 0 aromatic carbocycles. The number of carboxylic acids is 1. The van der Waals surface area contributed by atoms with Crippen molar-refractivity contribution in [2.75, 3.05) is 0 Å². The maximum atomic E-state index is 12.3. The molecule has 82 valence electrons. The van der Waals surface area contributed by atoms with Gasteiger partial charge in [0.1, 0.15) is 0 Å². The molecule has 0 aliphatic carbocycles. The van der Waals surface area contributed by atoms with Crippen molar-refractivity contribution in [2.45, 2.75) is 12.6 Å². The lowest BCUT2D eigenvalue weighted by molar-refractivity contribution is -0.138. The number of alkyl halides is 3. The first-order valence-electron chi connectivity index (χ1n) is 3.74. The van der Waals surface area contributed by atoms with Crippen molar-refractivity contribution in [3.05, 3.63) is 28.5 Å². The topological polar surface area (TPSA) is 50.2 Å². The summed E-state index contributed by atoms with van der Waals surface area (Å²) in [5, 5.41) is 7.75. The lowest BCUT2D eigenvalue weighted by Gasteiger charge is -2.10. The van der Waals surface area contributed by atoms with Crippen molar-refractivity contribution in [1.29, 1.82) is 0 Å². The standard InChI is InChI=1S/C8H5ClF3NO2/c9-7-4(8(10,11)12)1-2-13-5(7)3-6(14)15/h1-2H,3H2,(H,14,15). The third kappa shape index (κ3) is 2.82. The summed E-state index contributed by atoms with van der Waals surface area (Å²) < 4.78 is 36.9. The Morgan fingerprint density at radius 2 is 2.13 bits per heavy atom. The number of pyridine rings is 1. The minimum Gasteiger partial charge on any atom is -0.481 e. The number of rotatable bonds is 2. The van der Waals surface area contributed by atoms with Gasteiger partial charge >= 0.3 is 12.1 Å². The normalized spacial score (nSPS) is 11.5. The minimum atomic E-state index is -4.60. The minimum absolute atomic E-state index is 0.293. The van der Waals surface area contributed by atoms with Gasteiger partial charge < -0.3 is 5.11 Å². The predicted molar refractivity (Wildman–Crippen MR) is 45.6 cm³/mol. The molecule has 1 N–H and O–H groups in total. The zero-order chi connectivity index (χ0) is 11.6. The van der Waals surface area contributed by atoms with E-state index in [9.17, 15) is 18.0 Å². The van der Waals surface area contributed by atoms with E-state index >= 15 is 0 Å². The molecule has 0 saturated heterocycles. The molecule has 0 spiro atoms. The molecule has 0 radical (unpaired) electrons. The van der Waals surface area contributed by atoms with E-state index in [1.165, 1.54) is 0 Å². The second-order valence-electron chi connectivity index (χ2n) is 2.69. The summed E-state index contributed by atoms with van der Waals surface area (Å²) in [6.07, 6.45) is -4.36. The second-order valence-corrected chi connectivity index (χ2v) is 3.07. The molecule has 1 aromatic heterocycles. The van der Waals surface area contributed by atoms with E-state index in [1.807, 2.05) is 0 Å². The van der Waals surface area contributed by atoms with E-state index in [1.54, 1.807) is 0 Å². The van der Waals surface area contributed by atoms with Crippen molar-refractivity contribution >= 4 is 17.6 Å². The van der Waals surface area contributed by atoms with E-state index in [-0.39, 0.29) is 5.69 Å². The quantitative estimate of drug-likeness (QED) is 0.862. The number of carboxylic acid groups (broad SMARTS) is 1. The Bertz CT molecular complexity index is 392. The van der Waals surface area contributed by atoms with E-state index in [0.717, 1.165) is 6.20 Å². The van der Waals surface area contributed by atoms with Crippen molar-refractivity contribution < 1.29 is 23.1 Å². The highest BCUT2D eigenvalue weighted by molar-refractivity contribution is 6.32. The summed E-state index contributed by atoms with van der Waals surface area (Å²) in [5.74, 6) is -1.29. The highest BCUT2D eigenvalue weighted by Crippen LogP contribution is 2.35. The Kier molecular flexibility index (Phi) is 3.18. The molecule has 15 heavy (non-hydrogen) atoms. The maximum Gasteiger partial charge on any atom is 0.417 e. The summed E-state index contributed by atoms with van der Waals surface area (Å²) >= 11 is 5.39. The number of hydrogen-bond donors (Lipinski definition) is 1. The van der Waals surface area contributed by atoms with Crippen LogP contribution >= 0.6 is 11.6 Å². The van der Waals surface area contributed by atoms with Gasteiger partial charge in [-0.1, -0.05) is 11.6 Å². The zero-order valence-corrected chi connectivity index (χ0v) is 7.93. The Morgan fingerprint density at radius 1 is 1.53 bits per heavy atom. The highest BCUT2D eigenvalue weighted by atomic mass is 35.5. The van der Waals surface area contributed by atoms with Crippen LogP contribution in [0.2, 0.25) is 5.02 Å². The van der Waals surface area contributed by atoms with Gasteiger partial charge in [0.05, 0.1) is 22.7 Å². The first kappa shape index (κ1) is 11.8. The molecule has 1 aromatic rings. The lowest BCUT2D eigenvalue weighted by Crippen LogP contribution is -2.10. The smallest absolute Gasteiger partial charge is 0.417 e. The van der Waals surface area contributed by atoms with Crippen molar-refractivity contribution in [2.24, 2.45) is 0 Å². The number of halogens is 4. The number of aliphatic carboxylic acids is 1. The fourth-order valence-electron chi connectivity index (χ4n) is 0.972. The average molecular weight is 240 g/mol. The Morgan fingerprint density at radius 3 is 2.60 bits per heavy atom. The van der Waals surface area contributed by atoms with Crippen LogP contribution in [-0.2, 0) is 17.4 Å². The van der Waals surface area contributed by atoms with Crippen LogP contribution in [0.15, 0.2) is 12.3 Å². The summed E-state index contributed by atoms with van der Waals surface area (Å²) in [5.41, 5.74) is -1.37. The van der Waals surface area contributed by atoms with Gasteiger partial charge in [-0.05, 0) is 6.07 Å². The van der Waals surface area contributed by atoms with Crippen LogP contribution in [0.5, 0.6) is 0 Å². The molecule has 0 amide bonds. The van der Waals surface area contributed by atoms with Gasteiger partial charge in [0, 0.05) is 6.20 Å². The number of aromatic nitrogens is 1. The fraction of sp³-hybridized carbons (Fsp3) is 0.250. The summed E-state index contributed by atoms with van der Waals surface area (Å²) in [6.45, 7) is 0. The number of hydrogen-bond acceptors (Lipinski definition) is 2. The SMILES string of the molecule is O=C(O)Cc1nccc(C(F)(F)F)c1Cl. The fourth-order valence-corrected chi connectivity index (χ4v) is 1.26. The Balaban J connectivity index is 3.17. The summed E-state index contributed by atoms with van der Waals surface area (Å²) in [4.78, 5) is 13.8. The molecule has 0 fully saturated rings. The molecule has 7 heteroatoms.